The normalized spacial score (nSPS) is 11.8. The fraction of sp³-hybridized carbons (Fsp3) is 0.250. The Balaban J connectivity index is 2.15. The Morgan fingerprint density at radius 2 is 1.86 bits per heavy atom. The Morgan fingerprint density at radius 1 is 1.11 bits per heavy atom. The van der Waals surface area contributed by atoms with Crippen molar-refractivity contribution in [3.05, 3.63) is 52.4 Å². The molecular weight excluding hydrogens is 376 g/mol. The lowest BCUT2D eigenvalue weighted by Crippen LogP contribution is -2.12. The maximum absolute atomic E-state index is 5.48. The molecule has 3 aromatic rings. The first-order chi connectivity index (χ1) is 13.7. The highest BCUT2D eigenvalue weighted by Crippen LogP contribution is 2.41. The van der Waals surface area contributed by atoms with Gasteiger partial charge in [0.25, 0.3) is 0 Å². The molecular formula is C20H22N4O3S. The summed E-state index contributed by atoms with van der Waals surface area (Å²) in [5.74, 6) is 1.71. The minimum Gasteiger partial charge on any atom is -0.493 e. The molecule has 0 amide bonds. The molecule has 2 aromatic heterocycles. The van der Waals surface area contributed by atoms with Crippen molar-refractivity contribution in [2.45, 2.75) is 6.92 Å². The van der Waals surface area contributed by atoms with E-state index >= 15 is 0 Å². The Hall–Kier alpha value is -3.13. The fourth-order valence-electron chi connectivity index (χ4n) is 2.65. The van der Waals surface area contributed by atoms with Gasteiger partial charge in [0, 0.05) is 23.7 Å². The minimum atomic E-state index is 0.547. The molecule has 0 fully saturated rings. The van der Waals surface area contributed by atoms with Gasteiger partial charge in [-0.1, -0.05) is 6.07 Å². The summed E-state index contributed by atoms with van der Waals surface area (Å²) in [5.41, 5.74) is 2.50. The van der Waals surface area contributed by atoms with Crippen molar-refractivity contribution in [1.82, 2.24) is 9.66 Å². The monoisotopic (exact) mass is 398 g/mol. The Bertz CT molecular complexity index is 1000. The summed E-state index contributed by atoms with van der Waals surface area (Å²) < 4.78 is 18.2. The topological polar surface area (TPSA) is 70.2 Å². The zero-order valence-electron chi connectivity index (χ0n) is 16.2. The van der Waals surface area contributed by atoms with Gasteiger partial charge in [0.05, 0.1) is 38.9 Å². The zero-order valence-corrected chi connectivity index (χ0v) is 17.1. The van der Waals surface area contributed by atoms with Crippen LogP contribution in [-0.4, -0.2) is 43.7 Å². The van der Waals surface area contributed by atoms with E-state index in [4.69, 9.17) is 14.2 Å². The van der Waals surface area contributed by atoms with E-state index in [1.165, 1.54) is 11.3 Å². The van der Waals surface area contributed by atoms with Crippen molar-refractivity contribution < 1.29 is 14.2 Å². The molecule has 0 aliphatic heterocycles. The molecule has 0 N–H and O–H groups in total. The van der Waals surface area contributed by atoms with E-state index in [1.54, 1.807) is 38.4 Å². The minimum absolute atomic E-state index is 0.547. The zero-order chi connectivity index (χ0) is 19.9. The van der Waals surface area contributed by atoms with E-state index in [-0.39, 0.29) is 0 Å². The van der Waals surface area contributed by atoms with Gasteiger partial charge in [-0.05, 0) is 31.2 Å². The highest BCUT2D eigenvalue weighted by Gasteiger charge is 2.16. The molecule has 2 heterocycles. The highest BCUT2D eigenvalue weighted by molar-refractivity contribution is 7.07. The number of aromatic nitrogens is 2. The van der Waals surface area contributed by atoms with E-state index in [1.807, 2.05) is 42.6 Å². The maximum Gasteiger partial charge on any atom is 0.206 e. The van der Waals surface area contributed by atoms with Gasteiger partial charge in [-0.2, -0.15) is 5.10 Å². The first kappa shape index (κ1) is 19.6. The molecule has 1 aromatic carbocycles. The van der Waals surface area contributed by atoms with E-state index in [9.17, 15) is 0 Å². The lowest BCUT2D eigenvalue weighted by atomic mass is 10.1. The smallest absolute Gasteiger partial charge is 0.206 e. The van der Waals surface area contributed by atoms with Crippen LogP contribution in [0.2, 0.25) is 0 Å². The van der Waals surface area contributed by atoms with E-state index in [0.717, 1.165) is 21.8 Å². The van der Waals surface area contributed by atoms with E-state index in [2.05, 4.69) is 15.1 Å². The standard InChI is InChI=1S/C20H22N4O3S/c1-5-21-20-24(23-12-15-8-6-7-9-22-15)16(13-28-20)14-10-17(25-2)19(27-4)18(11-14)26-3/h6-13H,5H2,1-4H3. The van der Waals surface area contributed by atoms with Crippen LogP contribution in [0.1, 0.15) is 12.6 Å². The molecule has 0 atom stereocenters. The summed E-state index contributed by atoms with van der Waals surface area (Å²) in [5, 5.41) is 6.62. The average Bonchev–Trinajstić information content (AvgIpc) is 3.14. The van der Waals surface area contributed by atoms with Crippen molar-refractivity contribution in [1.29, 1.82) is 0 Å². The fourth-order valence-corrected chi connectivity index (χ4v) is 3.55. The van der Waals surface area contributed by atoms with Crippen LogP contribution >= 0.6 is 11.3 Å². The third kappa shape index (κ3) is 4.07. The average molecular weight is 398 g/mol. The van der Waals surface area contributed by atoms with Crippen LogP contribution in [0.5, 0.6) is 17.2 Å². The van der Waals surface area contributed by atoms with Gasteiger partial charge >= 0.3 is 0 Å². The molecule has 146 valence electrons. The van der Waals surface area contributed by atoms with Gasteiger partial charge in [-0.25, -0.2) is 4.68 Å². The van der Waals surface area contributed by atoms with Gasteiger partial charge in [-0.3, -0.25) is 9.98 Å². The Kier molecular flexibility index (Phi) is 6.44. The Morgan fingerprint density at radius 3 is 2.43 bits per heavy atom. The summed E-state index contributed by atoms with van der Waals surface area (Å²) in [7, 11) is 4.78. The molecule has 7 nitrogen and oxygen atoms in total. The molecule has 0 bridgehead atoms. The predicted octanol–water partition coefficient (Wildman–Crippen LogP) is 3.44. The molecule has 0 aliphatic rings. The van der Waals surface area contributed by atoms with Crippen molar-refractivity contribution in [2.75, 3.05) is 27.9 Å². The number of pyridine rings is 1. The van der Waals surface area contributed by atoms with Gasteiger partial charge < -0.3 is 14.2 Å². The Labute approximate surface area is 167 Å². The molecule has 3 rings (SSSR count). The number of methoxy groups -OCH3 is 3. The van der Waals surface area contributed by atoms with Gasteiger partial charge in [0.1, 0.15) is 0 Å². The van der Waals surface area contributed by atoms with Crippen LogP contribution in [0, 0.1) is 0 Å². The lowest BCUT2D eigenvalue weighted by molar-refractivity contribution is 0.324. The predicted molar refractivity (Wildman–Crippen MR) is 111 cm³/mol. The number of hydrogen-bond acceptors (Lipinski definition) is 7. The van der Waals surface area contributed by atoms with Crippen LogP contribution in [0.3, 0.4) is 0 Å². The van der Waals surface area contributed by atoms with Crippen LogP contribution in [0.15, 0.2) is 52.0 Å². The number of rotatable bonds is 7. The molecule has 0 radical (unpaired) electrons. The summed E-state index contributed by atoms with van der Waals surface area (Å²) in [4.78, 5) is 9.62. The van der Waals surface area contributed by atoms with E-state index < -0.39 is 0 Å². The molecule has 0 spiro atoms. The highest BCUT2D eigenvalue weighted by atomic mass is 32.1. The van der Waals surface area contributed by atoms with Crippen LogP contribution < -0.4 is 19.0 Å². The lowest BCUT2D eigenvalue weighted by Gasteiger charge is -2.14. The maximum atomic E-state index is 5.48. The summed E-state index contributed by atoms with van der Waals surface area (Å²) in [6, 6.07) is 9.47. The van der Waals surface area contributed by atoms with Gasteiger partial charge in [-0.15, -0.1) is 11.3 Å². The quantitative estimate of drug-likeness (QED) is 0.572. The van der Waals surface area contributed by atoms with Crippen molar-refractivity contribution in [2.24, 2.45) is 10.1 Å². The molecule has 0 saturated carbocycles. The van der Waals surface area contributed by atoms with Crippen LogP contribution in [0.4, 0.5) is 0 Å². The molecule has 28 heavy (non-hydrogen) atoms. The molecule has 8 heteroatoms. The summed E-state index contributed by atoms with van der Waals surface area (Å²) in [6.07, 6.45) is 3.44. The third-order valence-corrected chi connectivity index (χ3v) is 4.79. The number of benzene rings is 1. The second kappa shape index (κ2) is 9.18. The summed E-state index contributed by atoms with van der Waals surface area (Å²) in [6.45, 7) is 2.65. The third-order valence-electron chi connectivity index (χ3n) is 3.93. The van der Waals surface area contributed by atoms with Gasteiger partial charge in [0.15, 0.2) is 11.5 Å². The number of ether oxygens (including phenoxy) is 3. The number of thiazole rings is 1. The van der Waals surface area contributed by atoms with Crippen molar-refractivity contribution in [3.8, 4) is 28.5 Å². The SMILES string of the molecule is CCN=c1scc(-c2cc(OC)c(OC)c(OC)c2)n1N=Cc1ccccn1. The summed E-state index contributed by atoms with van der Waals surface area (Å²) >= 11 is 1.52. The van der Waals surface area contributed by atoms with Crippen LogP contribution in [0.25, 0.3) is 11.3 Å². The second-order valence-corrected chi connectivity index (χ2v) is 6.44. The number of nitrogens with zero attached hydrogens (tertiary/aromatic N) is 4. The van der Waals surface area contributed by atoms with Crippen LogP contribution in [-0.2, 0) is 0 Å². The van der Waals surface area contributed by atoms with E-state index in [0.29, 0.717) is 23.8 Å². The second-order valence-electron chi connectivity index (χ2n) is 5.60. The first-order valence-corrected chi connectivity index (χ1v) is 9.56. The van der Waals surface area contributed by atoms with Crippen molar-refractivity contribution in [3.63, 3.8) is 0 Å². The molecule has 0 aliphatic carbocycles. The molecule has 0 saturated heterocycles. The molecule has 0 unspecified atom stereocenters. The van der Waals surface area contributed by atoms with Gasteiger partial charge in [0.2, 0.25) is 10.6 Å². The number of hydrogen-bond donors (Lipinski definition) is 0. The largest absolute Gasteiger partial charge is 0.493 e. The van der Waals surface area contributed by atoms with Crippen molar-refractivity contribution >= 4 is 17.6 Å². The first-order valence-electron chi connectivity index (χ1n) is 8.68.